The van der Waals surface area contributed by atoms with Gasteiger partial charge in [0.15, 0.2) is 0 Å². The van der Waals surface area contributed by atoms with Crippen LogP contribution in [-0.4, -0.2) is 39.3 Å². The van der Waals surface area contributed by atoms with Crippen molar-refractivity contribution in [3.8, 4) is 0 Å². The molecule has 0 saturated carbocycles. The lowest BCUT2D eigenvalue weighted by Crippen LogP contribution is -2.30. The topological polar surface area (TPSA) is 94.9 Å². The summed E-state index contributed by atoms with van der Waals surface area (Å²) in [7, 11) is 0. The van der Waals surface area contributed by atoms with Crippen LogP contribution in [0.1, 0.15) is 42.9 Å². The molecule has 1 aliphatic heterocycles. The molecule has 0 spiro atoms. The van der Waals surface area contributed by atoms with Crippen molar-refractivity contribution < 1.29 is 29.0 Å². The lowest BCUT2D eigenvalue weighted by Gasteiger charge is -2.25. The van der Waals surface area contributed by atoms with Crippen LogP contribution in [0.4, 0.5) is 4.39 Å². The highest BCUT2D eigenvalue weighted by Gasteiger charge is 2.45. The number of amides is 1. The Morgan fingerprint density at radius 2 is 1.61 bits per heavy atom. The molecule has 2 aromatic carbocycles. The van der Waals surface area contributed by atoms with E-state index in [4.69, 9.17) is 5.11 Å². The van der Waals surface area contributed by atoms with E-state index in [-0.39, 0.29) is 24.3 Å². The summed E-state index contributed by atoms with van der Waals surface area (Å²) in [6.07, 6.45) is 1.55. The largest absolute Gasteiger partial charge is 0.507 e. The Balaban J connectivity index is 1.96. The molecule has 2 N–H and O–H groups in total. The number of rotatable bonds is 8. The zero-order valence-corrected chi connectivity index (χ0v) is 18.1. The molecule has 0 radical (unpaired) electrons. The maximum Gasteiger partial charge on any atom is 0.303 e. The molecule has 0 aliphatic carbocycles. The second-order valence-corrected chi connectivity index (χ2v) is 8.17. The molecule has 162 valence electrons. The second kappa shape index (κ2) is 9.87. The average Bonchev–Trinajstić information content (AvgIpc) is 2.99. The van der Waals surface area contributed by atoms with Crippen LogP contribution >= 0.6 is 15.9 Å². The van der Waals surface area contributed by atoms with Crippen LogP contribution in [0.15, 0.2) is 58.6 Å². The summed E-state index contributed by atoms with van der Waals surface area (Å²) in [6.45, 7) is 0.212. The van der Waals surface area contributed by atoms with Gasteiger partial charge < -0.3 is 15.1 Å². The van der Waals surface area contributed by atoms with Crippen molar-refractivity contribution >= 4 is 39.3 Å². The Kier molecular flexibility index (Phi) is 7.22. The zero-order chi connectivity index (χ0) is 22.5. The molecule has 31 heavy (non-hydrogen) atoms. The number of likely N-dealkylation sites (tertiary alicyclic amines) is 1. The predicted octanol–water partition coefficient (Wildman–Crippen LogP) is 4.65. The van der Waals surface area contributed by atoms with E-state index in [1.807, 2.05) is 0 Å². The van der Waals surface area contributed by atoms with Gasteiger partial charge in [-0.3, -0.25) is 14.4 Å². The van der Waals surface area contributed by atoms with Crippen molar-refractivity contribution in [1.29, 1.82) is 0 Å². The first-order valence-corrected chi connectivity index (χ1v) is 10.6. The van der Waals surface area contributed by atoms with Gasteiger partial charge in [0.25, 0.3) is 11.7 Å². The predicted molar refractivity (Wildman–Crippen MR) is 116 cm³/mol. The minimum Gasteiger partial charge on any atom is -0.507 e. The van der Waals surface area contributed by atoms with Gasteiger partial charge in [-0.15, -0.1) is 0 Å². The van der Waals surface area contributed by atoms with Crippen LogP contribution in [0, 0.1) is 5.82 Å². The van der Waals surface area contributed by atoms with Gasteiger partial charge in [0.2, 0.25) is 0 Å². The molecule has 1 aliphatic rings. The quantitative estimate of drug-likeness (QED) is 0.243. The summed E-state index contributed by atoms with van der Waals surface area (Å²) in [5.74, 6) is -3.19. The van der Waals surface area contributed by atoms with Crippen LogP contribution in [0.3, 0.4) is 0 Å². The first-order valence-electron chi connectivity index (χ1n) is 9.81. The number of halogens is 2. The Bertz CT molecular complexity index is 1020. The van der Waals surface area contributed by atoms with Gasteiger partial charge in [0, 0.05) is 23.0 Å². The number of Topliss-reactive ketones (excluding diaryl/α,β-unsaturated/α-hetero) is 1. The minimum absolute atomic E-state index is 0.0315. The Morgan fingerprint density at radius 1 is 0.968 bits per heavy atom. The molecule has 1 fully saturated rings. The van der Waals surface area contributed by atoms with Crippen molar-refractivity contribution in [3.05, 3.63) is 75.5 Å². The molecule has 1 amide bonds. The number of aliphatic carboxylic acids is 1. The normalized spacial score (nSPS) is 17.9. The maximum absolute atomic E-state index is 13.5. The molecule has 1 saturated heterocycles. The summed E-state index contributed by atoms with van der Waals surface area (Å²) < 4.78 is 14.3. The van der Waals surface area contributed by atoms with Gasteiger partial charge in [-0.25, -0.2) is 4.39 Å². The first-order chi connectivity index (χ1) is 14.8. The number of nitrogens with zero attached hydrogens (tertiary/aromatic N) is 1. The van der Waals surface area contributed by atoms with Crippen molar-refractivity contribution in [3.63, 3.8) is 0 Å². The number of aliphatic hydroxyl groups excluding tert-OH is 1. The maximum atomic E-state index is 13.5. The fourth-order valence-corrected chi connectivity index (χ4v) is 3.87. The van der Waals surface area contributed by atoms with E-state index >= 15 is 0 Å². The second-order valence-electron chi connectivity index (χ2n) is 7.26. The van der Waals surface area contributed by atoms with E-state index in [1.54, 1.807) is 24.3 Å². The summed E-state index contributed by atoms with van der Waals surface area (Å²) >= 11 is 3.32. The summed E-state index contributed by atoms with van der Waals surface area (Å²) in [4.78, 5) is 37.7. The summed E-state index contributed by atoms with van der Waals surface area (Å²) in [5, 5.41) is 19.7. The highest BCUT2D eigenvalue weighted by molar-refractivity contribution is 9.10. The van der Waals surface area contributed by atoms with Gasteiger partial charge in [-0.2, -0.15) is 0 Å². The highest BCUT2D eigenvalue weighted by atomic mass is 79.9. The van der Waals surface area contributed by atoms with Gasteiger partial charge in [-0.1, -0.05) is 46.6 Å². The number of carbonyl (C=O) groups excluding carboxylic acids is 2. The fourth-order valence-electron chi connectivity index (χ4n) is 3.60. The third-order valence-electron chi connectivity index (χ3n) is 5.13. The Morgan fingerprint density at radius 3 is 2.23 bits per heavy atom. The van der Waals surface area contributed by atoms with Crippen molar-refractivity contribution in [2.45, 2.75) is 31.7 Å². The molecule has 1 atom stereocenters. The van der Waals surface area contributed by atoms with Gasteiger partial charge in [-0.05, 0) is 42.7 Å². The molecule has 3 rings (SSSR count). The van der Waals surface area contributed by atoms with E-state index in [1.165, 1.54) is 29.2 Å². The molecule has 8 heteroatoms. The van der Waals surface area contributed by atoms with E-state index in [0.717, 1.165) is 4.47 Å². The average molecular weight is 490 g/mol. The van der Waals surface area contributed by atoms with Crippen molar-refractivity contribution in [1.82, 2.24) is 4.90 Å². The molecule has 0 aromatic heterocycles. The number of hydrogen-bond acceptors (Lipinski definition) is 4. The molecule has 6 nitrogen and oxygen atoms in total. The lowest BCUT2D eigenvalue weighted by atomic mass is 9.95. The van der Waals surface area contributed by atoms with Crippen molar-refractivity contribution in [2.75, 3.05) is 6.54 Å². The van der Waals surface area contributed by atoms with E-state index in [0.29, 0.717) is 30.4 Å². The van der Waals surface area contributed by atoms with E-state index in [9.17, 15) is 23.9 Å². The highest BCUT2D eigenvalue weighted by Crippen LogP contribution is 2.39. The zero-order valence-electron chi connectivity index (χ0n) is 16.6. The number of unbranched alkanes of at least 4 members (excludes halogenated alkanes) is 2. The summed E-state index contributed by atoms with van der Waals surface area (Å²) in [6, 6.07) is 11.3. The molecular weight excluding hydrogens is 469 g/mol. The Hall–Kier alpha value is -3.00. The standard InChI is InChI=1S/C23H21BrFNO5/c24-16-9-5-15(6-10-16)21(29)19-20(14-7-11-17(25)12-8-14)26(23(31)22(19)30)13-3-1-2-4-18(27)28/h5-12,20,29H,1-4,13H2,(H,27,28)/t20-/m1/s1. The SMILES string of the molecule is O=C(O)CCCCCN1C(=O)C(=O)C(=C(O)c2ccc(Br)cc2)[C@H]1c1ccc(F)cc1. The number of aliphatic hydroxyl groups is 1. The number of carbonyl (C=O) groups is 3. The number of benzene rings is 2. The fraction of sp³-hybridized carbons (Fsp3) is 0.261. The number of ketones is 1. The third kappa shape index (κ3) is 5.19. The molecule has 0 unspecified atom stereocenters. The number of hydrogen-bond donors (Lipinski definition) is 2. The van der Waals surface area contributed by atoms with Gasteiger partial charge >= 0.3 is 5.97 Å². The molecular formula is C23H21BrFNO5. The van der Waals surface area contributed by atoms with Crippen LogP contribution in [-0.2, 0) is 14.4 Å². The van der Waals surface area contributed by atoms with E-state index < -0.39 is 29.5 Å². The van der Waals surface area contributed by atoms with Crippen LogP contribution in [0.2, 0.25) is 0 Å². The monoisotopic (exact) mass is 489 g/mol. The number of carboxylic acids is 1. The third-order valence-corrected chi connectivity index (χ3v) is 5.66. The molecule has 0 bridgehead atoms. The summed E-state index contributed by atoms with van der Waals surface area (Å²) in [5.41, 5.74) is 0.837. The Labute approximate surface area is 187 Å². The first kappa shape index (κ1) is 22.7. The van der Waals surface area contributed by atoms with Crippen LogP contribution in [0.5, 0.6) is 0 Å². The number of carboxylic acid groups (broad SMARTS) is 1. The van der Waals surface area contributed by atoms with Gasteiger partial charge in [0.1, 0.15) is 11.6 Å². The van der Waals surface area contributed by atoms with Gasteiger partial charge in [0.05, 0.1) is 11.6 Å². The van der Waals surface area contributed by atoms with E-state index in [2.05, 4.69) is 15.9 Å². The lowest BCUT2D eigenvalue weighted by molar-refractivity contribution is -0.140. The van der Waals surface area contributed by atoms with Crippen LogP contribution in [0.25, 0.3) is 5.76 Å². The van der Waals surface area contributed by atoms with Crippen LogP contribution < -0.4 is 0 Å². The molecule has 1 heterocycles. The minimum atomic E-state index is -0.888. The smallest absolute Gasteiger partial charge is 0.303 e. The molecule has 2 aromatic rings. The van der Waals surface area contributed by atoms with Crippen molar-refractivity contribution in [2.24, 2.45) is 0 Å².